The highest BCUT2D eigenvalue weighted by molar-refractivity contribution is 7.89. The lowest BCUT2D eigenvalue weighted by Gasteiger charge is -2.09. The molecule has 8 heteroatoms. The van der Waals surface area contributed by atoms with Crippen LogP contribution >= 0.6 is 0 Å². The zero-order valence-corrected chi connectivity index (χ0v) is 13.0. The molecule has 0 saturated heterocycles. The van der Waals surface area contributed by atoms with Gasteiger partial charge in [-0.2, -0.15) is 10.4 Å². The minimum atomic E-state index is -3.81. The first-order valence-electron chi connectivity index (χ1n) is 6.78. The van der Waals surface area contributed by atoms with Crippen LogP contribution in [0.25, 0.3) is 16.9 Å². The number of hydrogen-bond acceptors (Lipinski definition) is 4. The molecule has 0 aliphatic heterocycles. The molecule has 0 unspecified atom stereocenters. The molecule has 120 valence electrons. The van der Waals surface area contributed by atoms with Gasteiger partial charge in [0.2, 0.25) is 10.0 Å². The van der Waals surface area contributed by atoms with Crippen molar-refractivity contribution in [3.63, 3.8) is 0 Å². The van der Waals surface area contributed by atoms with Crippen molar-refractivity contribution in [3.05, 3.63) is 66.1 Å². The topological polar surface area (TPSA) is 102 Å². The summed E-state index contributed by atoms with van der Waals surface area (Å²) < 4.78 is 38.1. The smallest absolute Gasteiger partial charge is 0.232 e. The van der Waals surface area contributed by atoms with Gasteiger partial charge >= 0.3 is 0 Å². The molecular weight excluding hydrogens is 331 g/mol. The Bertz CT molecular complexity index is 1050. The van der Waals surface area contributed by atoms with E-state index in [1.165, 1.54) is 41.1 Å². The predicted molar refractivity (Wildman–Crippen MR) is 85.0 cm³/mol. The van der Waals surface area contributed by atoms with Crippen molar-refractivity contribution >= 4 is 10.0 Å². The van der Waals surface area contributed by atoms with Crippen molar-refractivity contribution < 1.29 is 12.8 Å². The normalized spacial score (nSPS) is 11.2. The van der Waals surface area contributed by atoms with Gasteiger partial charge in [0.1, 0.15) is 11.9 Å². The second-order valence-corrected chi connectivity index (χ2v) is 6.52. The van der Waals surface area contributed by atoms with E-state index in [2.05, 4.69) is 5.10 Å². The van der Waals surface area contributed by atoms with Crippen molar-refractivity contribution in [2.75, 3.05) is 0 Å². The quantitative estimate of drug-likeness (QED) is 0.788. The van der Waals surface area contributed by atoms with Gasteiger partial charge in [-0.1, -0.05) is 12.1 Å². The molecule has 1 heterocycles. The number of halogens is 1. The van der Waals surface area contributed by atoms with E-state index in [0.29, 0.717) is 11.4 Å². The van der Waals surface area contributed by atoms with Gasteiger partial charge in [-0.3, -0.25) is 0 Å². The van der Waals surface area contributed by atoms with Gasteiger partial charge in [-0.25, -0.2) is 22.6 Å². The van der Waals surface area contributed by atoms with E-state index in [-0.39, 0.29) is 16.2 Å². The van der Waals surface area contributed by atoms with Crippen LogP contribution in [-0.4, -0.2) is 18.2 Å². The van der Waals surface area contributed by atoms with Gasteiger partial charge in [0.05, 0.1) is 16.3 Å². The molecule has 0 aliphatic rings. The van der Waals surface area contributed by atoms with E-state index in [1.807, 2.05) is 6.07 Å². The van der Waals surface area contributed by atoms with Gasteiger partial charge in [-0.15, -0.1) is 0 Å². The number of primary sulfonamides is 1. The highest BCUT2D eigenvalue weighted by Crippen LogP contribution is 2.26. The number of nitriles is 1. The first-order valence-corrected chi connectivity index (χ1v) is 8.33. The van der Waals surface area contributed by atoms with Crippen molar-refractivity contribution in [1.29, 1.82) is 5.26 Å². The Morgan fingerprint density at radius 1 is 1.12 bits per heavy atom. The van der Waals surface area contributed by atoms with E-state index >= 15 is 0 Å². The Kier molecular flexibility index (Phi) is 3.89. The summed E-state index contributed by atoms with van der Waals surface area (Å²) in [6.07, 6.45) is 0. The Morgan fingerprint density at radius 2 is 1.79 bits per heavy atom. The molecule has 2 N–H and O–H groups in total. The predicted octanol–water partition coefficient (Wildman–Crippen LogP) is 2.20. The van der Waals surface area contributed by atoms with E-state index < -0.39 is 15.8 Å². The van der Waals surface area contributed by atoms with Gasteiger partial charge in [-0.05, 0) is 36.4 Å². The van der Waals surface area contributed by atoms with Crippen molar-refractivity contribution in [2.24, 2.45) is 5.14 Å². The molecule has 1 aromatic heterocycles. The summed E-state index contributed by atoms with van der Waals surface area (Å²) >= 11 is 0. The van der Waals surface area contributed by atoms with E-state index in [9.17, 15) is 12.8 Å². The molecule has 3 rings (SSSR count). The minimum Gasteiger partial charge on any atom is -0.232 e. The van der Waals surface area contributed by atoms with Crippen LogP contribution in [-0.2, 0) is 10.0 Å². The number of nitrogens with two attached hydrogens (primary N) is 1. The fourth-order valence-corrected chi connectivity index (χ4v) is 2.79. The molecule has 3 aromatic rings. The number of benzene rings is 2. The average Bonchev–Trinajstić information content (AvgIpc) is 2.99. The van der Waals surface area contributed by atoms with E-state index in [1.54, 1.807) is 18.2 Å². The summed E-state index contributed by atoms with van der Waals surface area (Å²) in [6, 6.07) is 15.1. The Labute approximate surface area is 137 Å². The third-order valence-corrected chi connectivity index (χ3v) is 4.31. The maximum atomic E-state index is 14.1. The van der Waals surface area contributed by atoms with Crippen molar-refractivity contribution in [1.82, 2.24) is 9.78 Å². The van der Waals surface area contributed by atoms with Crippen LogP contribution < -0.4 is 5.14 Å². The third kappa shape index (κ3) is 2.90. The number of nitrogens with zero attached hydrogens (tertiary/aromatic N) is 3. The largest absolute Gasteiger partial charge is 0.238 e. The SMILES string of the molecule is N#Cc1cc(-c2ccccc2F)n(-c2ccc(S(N)(=O)=O)cc2)n1. The lowest BCUT2D eigenvalue weighted by Crippen LogP contribution is -2.12. The summed E-state index contributed by atoms with van der Waals surface area (Å²) in [6.45, 7) is 0. The molecule has 0 fully saturated rings. The number of hydrogen-bond donors (Lipinski definition) is 1. The number of rotatable bonds is 3. The van der Waals surface area contributed by atoms with Crippen molar-refractivity contribution in [2.45, 2.75) is 4.90 Å². The monoisotopic (exact) mass is 342 g/mol. The fraction of sp³-hybridized carbons (Fsp3) is 0. The maximum Gasteiger partial charge on any atom is 0.238 e. The molecule has 0 spiro atoms. The highest BCUT2D eigenvalue weighted by atomic mass is 32.2. The zero-order valence-electron chi connectivity index (χ0n) is 12.2. The van der Waals surface area contributed by atoms with Crippen LogP contribution in [0, 0.1) is 17.1 Å². The van der Waals surface area contributed by atoms with Gasteiger partial charge in [0, 0.05) is 11.6 Å². The summed E-state index contributed by atoms with van der Waals surface area (Å²) in [7, 11) is -3.81. The van der Waals surface area contributed by atoms with Crippen LogP contribution in [0.4, 0.5) is 4.39 Å². The number of sulfonamides is 1. The van der Waals surface area contributed by atoms with Crippen LogP contribution in [0.1, 0.15) is 5.69 Å². The summed E-state index contributed by atoms with van der Waals surface area (Å²) in [5.74, 6) is -0.454. The van der Waals surface area contributed by atoms with E-state index in [0.717, 1.165) is 0 Å². The highest BCUT2D eigenvalue weighted by Gasteiger charge is 2.15. The first-order chi connectivity index (χ1) is 11.4. The second kappa shape index (κ2) is 5.88. The molecule has 0 aliphatic carbocycles. The van der Waals surface area contributed by atoms with E-state index in [4.69, 9.17) is 10.4 Å². The van der Waals surface area contributed by atoms with Gasteiger partial charge in [0.25, 0.3) is 0 Å². The standard InChI is InChI=1S/C16H11FN4O2S/c17-15-4-2-1-3-14(15)16-9-11(10-18)20-21(16)12-5-7-13(8-6-12)24(19,22)23/h1-9H,(H2,19,22,23). The molecule has 0 saturated carbocycles. The molecule has 2 aromatic carbocycles. The molecule has 24 heavy (non-hydrogen) atoms. The van der Waals surface area contributed by atoms with Crippen LogP contribution in [0.15, 0.2) is 59.5 Å². The van der Waals surface area contributed by atoms with Crippen LogP contribution in [0.2, 0.25) is 0 Å². The summed E-state index contributed by atoms with van der Waals surface area (Å²) in [5.41, 5.74) is 1.25. The maximum absolute atomic E-state index is 14.1. The number of aromatic nitrogens is 2. The molecule has 0 bridgehead atoms. The van der Waals surface area contributed by atoms with Crippen LogP contribution in [0.3, 0.4) is 0 Å². The minimum absolute atomic E-state index is 0.0497. The average molecular weight is 342 g/mol. The first kappa shape index (κ1) is 15.9. The third-order valence-electron chi connectivity index (χ3n) is 3.38. The Balaban J connectivity index is 2.17. The molecule has 0 radical (unpaired) electrons. The molecule has 0 atom stereocenters. The lowest BCUT2D eigenvalue weighted by molar-refractivity contribution is 0.598. The second-order valence-electron chi connectivity index (χ2n) is 4.96. The Morgan fingerprint density at radius 3 is 2.38 bits per heavy atom. The zero-order chi connectivity index (χ0) is 17.3. The molecular formula is C16H11FN4O2S. The summed E-state index contributed by atoms with van der Waals surface area (Å²) in [4.78, 5) is -0.0497. The van der Waals surface area contributed by atoms with Crippen LogP contribution in [0.5, 0.6) is 0 Å². The van der Waals surface area contributed by atoms with Crippen molar-refractivity contribution in [3.8, 4) is 23.0 Å². The Hall–Kier alpha value is -3.02. The fourth-order valence-electron chi connectivity index (χ4n) is 2.27. The molecule has 0 amide bonds. The van der Waals surface area contributed by atoms with Gasteiger partial charge < -0.3 is 0 Å². The molecule has 6 nitrogen and oxygen atoms in total. The summed E-state index contributed by atoms with van der Waals surface area (Å²) in [5, 5.41) is 18.3. The lowest BCUT2D eigenvalue weighted by atomic mass is 10.1. The van der Waals surface area contributed by atoms with Gasteiger partial charge in [0.15, 0.2) is 5.69 Å².